The van der Waals surface area contributed by atoms with Crippen molar-refractivity contribution in [2.45, 2.75) is 58.5 Å². The highest BCUT2D eigenvalue weighted by molar-refractivity contribution is 5.51. The van der Waals surface area contributed by atoms with Crippen molar-refractivity contribution in [2.75, 3.05) is 25.1 Å². The van der Waals surface area contributed by atoms with E-state index < -0.39 is 6.10 Å². The minimum atomic E-state index is -0.453. The number of unbranched alkanes of at least 4 members (excludes halogenated alkanes) is 3. The number of anilines is 1. The molecule has 1 rings (SSSR count). The number of benzene rings is 1. The van der Waals surface area contributed by atoms with Gasteiger partial charge in [-0.15, -0.1) is 0 Å². The van der Waals surface area contributed by atoms with Crippen LogP contribution in [0.3, 0.4) is 0 Å². The normalized spacial score (nSPS) is 12.3. The predicted octanol–water partition coefficient (Wildman–Crippen LogP) is 4.01. The smallest absolute Gasteiger partial charge is 0.0945 e. The molecule has 1 atom stereocenters. The maximum absolute atomic E-state index is 9.95. The summed E-state index contributed by atoms with van der Waals surface area (Å²) in [6, 6.07) is 8.30. The summed E-state index contributed by atoms with van der Waals surface area (Å²) in [5.41, 5.74) is 2.44. The lowest BCUT2D eigenvalue weighted by Crippen LogP contribution is -2.25. The third-order valence-electron chi connectivity index (χ3n) is 3.52. The van der Waals surface area contributed by atoms with E-state index in [1.807, 2.05) is 6.07 Å². The summed E-state index contributed by atoms with van der Waals surface area (Å²) < 4.78 is 5.52. The van der Waals surface area contributed by atoms with Crippen molar-refractivity contribution in [2.24, 2.45) is 0 Å². The summed E-state index contributed by atoms with van der Waals surface area (Å²) in [6.45, 7) is 6.08. The minimum Gasteiger partial charge on any atom is -0.389 e. The molecule has 3 heteroatoms. The molecule has 1 unspecified atom stereocenters. The van der Waals surface area contributed by atoms with Gasteiger partial charge in [-0.2, -0.15) is 0 Å². The number of rotatable bonds is 12. The van der Waals surface area contributed by atoms with Crippen LogP contribution in [0.15, 0.2) is 24.3 Å². The van der Waals surface area contributed by atoms with Gasteiger partial charge in [0.2, 0.25) is 0 Å². The molecule has 0 aromatic heterocycles. The largest absolute Gasteiger partial charge is 0.389 e. The SMILES string of the molecule is CCCCCCOCC(O)CNc1ccccc1CCC. The highest BCUT2D eigenvalue weighted by atomic mass is 16.5. The van der Waals surface area contributed by atoms with E-state index in [-0.39, 0.29) is 0 Å². The molecule has 3 nitrogen and oxygen atoms in total. The lowest BCUT2D eigenvalue weighted by atomic mass is 10.1. The van der Waals surface area contributed by atoms with Crippen LogP contribution in [0.25, 0.3) is 0 Å². The topological polar surface area (TPSA) is 41.5 Å². The van der Waals surface area contributed by atoms with Crippen LogP contribution in [0.2, 0.25) is 0 Å². The van der Waals surface area contributed by atoms with Crippen LogP contribution in [0, 0.1) is 0 Å². The molecule has 0 saturated heterocycles. The van der Waals surface area contributed by atoms with E-state index >= 15 is 0 Å². The van der Waals surface area contributed by atoms with Crippen molar-refractivity contribution in [3.8, 4) is 0 Å². The Bertz CT molecular complexity index is 368. The zero-order chi connectivity index (χ0) is 15.3. The summed E-state index contributed by atoms with van der Waals surface area (Å²) in [5, 5.41) is 13.3. The van der Waals surface area contributed by atoms with Gasteiger partial charge in [-0.3, -0.25) is 0 Å². The third kappa shape index (κ3) is 8.08. The Morgan fingerprint density at radius 1 is 1.10 bits per heavy atom. The first-order valence-electron chi connectivity index (χ1n) is 8.35. The lowest BCUT2D eigenvalue weighted by molar-refractivity contribution is 0.0416. The number of aliphatic hydroxyl groups excluding tert-OH is 1. The van der Waals surface area contributed by atoms with Crippen molar-refractivity contribution in [1.82, 2.24) is 0 Å². The number of para-hydroxylation sites is 1. The number of ether oxygens (including phenoxy) is 1. The van der Waals surface area contributed by atoms with Gasteiger partial charge in [0.15, 0.2) is 0 Å². The molecule has 1 aromatic rings. The van der Waals surface area contributed by atoms with Gasteiger partial charge in [0.05, 0.1) is 12.7 Å². The van der Waals surface area contributed by atoms with Crippen LogP contribution in [-0.4, -0.2) is 31.0 Å². The van der Waals surface area contributed by atoms with Crippen LogP contribution in [0.1, 0.15) is 51.5 Å². The fourth-order valence-corrected chi connectivity index (χ4v) is 2.32. The van der Waals surface area contributed by atoms with Gasteiger partial charge in [0, 0.05) is 18.8 Å². The van der Waals surface area contributed by atoms with Gasteiger partial charge in [-0.1, -0.05) is 57.7 Å². The molecule has 120 valence electrons. The maximum Gasteiger partial charge on any atom is 0.0945 e. The van der Waals surface area contributed by atoms with Crippen LogP contribution in [-0.2, 0) is 11.2 Å². The summed E-state index contributed by atoms with van der Waals surface area (Å²) >= 11 is 0. The van der Waals surface area contributed by atoms with E-state index in [1.54, 1.807) is 0 Å². The highest BCUT2D eigenvalue weighted by Crippen LogP contribution is 2.16. The zero-order valence-electron chi connectivity index (χ0n) is 13.6. The molecule has 2 N–H and O–H groups in total. The second-order valence-electron chi connectivity index (χ2n) is 5.58. The highest BCUT2D eigenvalue weighted by Gasteiger charge is 2.06. The van der Waals surface area contributed by atoms with E-state index in [0.29, 0.717) is 13.2 Å². The van der Waals surface area contributed by atoms with E-state index in [2.05, 4.69) is 37.4 Å². The molecule has 0 aliphatic rings. The Morgan fingerprint density at radius 3 is 2.67 bits per heavy atom. The molecule has 0 fully saturated rings. The van der Waals surface area contributed by atoms with Gasteiger partial charge >= 0.3 is 0 Å². The van der Waals surface area contributed by atoms with Crippen molar-refractivity contribution in [3.05, 3.63) is 29.8 Å². The molecule has 0 aliphatic carbocycles. The lowest BCUT2D eigenvalue weighted by Gasteiger charge is -2.15. The molecule has 0 saturated carbocycles. The van der Waals surface area contributed by atoms with E-state index in [4.69, 9.17) is 4.74 Å². The fourth-order valence-electron chi connectivity index (χ4n) is 2.32. The van der Waals surface area contributed by atoms with E-state index in [0.717, 1.165) is 31.6 Å². The molecule has 0 bridgehead atoms. The van der Waals surface area contributed by atoms with E-state index in [9.17, 15) is 5.11 Å². The molecule has 21 heavy (non-hydrogen) atoms. The minimum absolute atomic E-state index is 0.412. The van der Waals surface area contributed by atoms with Gasteiger partial charge < -0.3 is 15.2 Å². The van der Waals surface area contributed by atoms with Crippen LogP contribution in [0.4, 0.5) is 5.69 Å². The molecular formula is C18H31NO2. The standard InChI is InChI=1S/C18H31NO2/c1-3-5-6-9-13-21-15-17(20)14-19-18-12-8-7-11-16(18)10-4-2/h7-8,11-12,17,19-20H,3-6,9-10,13-15H2,1-2H3. The van der Waals surface area contributed by atoms with Crippen molar-refractivity contribution in [3.63, 3.8) is 0 Å². The Morgan fingerprint density at radius 2 is 1.90 bits per heavy atom. The van der Waals surface area contributed by atoms with Crippen molar-refractivity contribution in [1.29, 1.82) is 0 Å². The second kappa shape index (κ2) is 11.6. The molecule has 0 radical (unpaired) electrons. The molecule has 0 spiro atoms. The number of aryl methyl sites for hydroxylation is 1. The number of hydrogen-bond donors (Lipinski definition) is 2. The third-order valence-corrected chi connectivity index (χ3v) is 3.52. The monoisotopic (exact) mass is 293 g/mol. The quantitative estimate of drug-likeness (QED) is 0.572. The summed E-state index contributed by atoms with van der Waals surface area (Å²) in [7, 11) is 0. The zero-order valence-corrected chi connectivity index (χ0v) is 13.6. The first-order chi connectivity index (χ1) is 10.3. The Balaban J connectivity index is 2.19. The van der Waals surface area contributed by atoms with Crippen molar-refractivity contribution >= 4 is 5.69 Å². The average molecular weight is 293 g/mol. The molecule has 0 heterocycles. The molecular weight excluding hydrogens is 262 g/mol. The van der Waals surface area contributed by atoms with Gasteiger partial charge in [-0.25, -0.2) is 0 Å². The van der Waals surface area contributed by atoms with Crippen LogP contribution < -0.4 is 5.32 Å². The first kappa shape index (κ1) is 18.0. The molecule has 1 aromatic carbocycles. The number of nitrogens with one attached hydrogen (secondary N) is 1. The first-order valence-corrected chi connectivity index (χ1v) is 8.35. The summed E-state index contributed by atoms with van der Waals surface area (Å²) in [4.78, 5) is 0. The van der Waals surface area contributed by atoms with Gasteiger partial charge in [0.1, 0.15) is 0 Å². The predicted molar refractivity (Wildman–Crippen MR) is 89.9 cm³/mol. The maximum atomic E-state index is 9.95. The van der Waals surface area contributed by atoms with Gasteiger partial charge in [-0.05, 0) is 24.5 Å². The molecule has 0 aliphatic heterocycles. The number of aliphatic hydroxyl groups is 1. The summed E-state index contributed by atoms with van der Waals surface area (Å²) in [5.74, 6) is 0. The number of hydrogen-bond acceptors (Lipinski definition) is 3. The summed E-state index contributed by atoms with van der Waals surface area (Å²) in [6.07, 6.45) is 6.55. The molecule has 0 amide bonds. The Hall–Kier alpha value is -1.06. The Labute approximate surface area is 129 Å². The van der Waals surface area contributed by atoms with E-state index in [1.165, 1.54) is 24.8 Å². The Kier molecular flexibility index (Phi) is 9.92. The average Bonchev–Trinajstić information content (AvgIpc) is 2.50. The van der Waals surface area contributed by atoms with Crippen LogP contribution in [0.5, 0.6) is 0 Å². The fraction of sp³-hybridized carbons (Fsp3) is 0.667. The van der Waals surface area contributed by atoms with Gasteiger partial charge in [0.25, 0.3) is 0 Å². The van der Waals surface area contributed by atoms with Crippen molar-refractivity contribution < 1.29 is 9.84 Å². The van der Waals surface area contributed by atoms with Crippen LogP contribution >= 0.6 is 0 Å². The second-order valence-corrected chi connectivity index (χ2v) is 5.58.